The molecule has 6 nitrogen and oxygen atoms in total. The summed E-state index contributed by atoms with van der Waals surface area (Å²) in [4.78, 5) is 31.7. The van der Waals surface area contributed by atoms with Crippen LogP contribution >= 0.6 is 11.8 Å². The highest BCUT2D eigenvalue weighted by atomic mass is 32.2. The molecule has 0 aliphatic rings. The van der Waals surface area contributed by atoms with Crippen LogP contribution in [0.4, 0.5) is 5.82 Å². The number of carbonyl (C=O) groups excluding carboxylic acids is 2. The van der Waals surface area contributed by atoms with Crippen molar-refractivity contribution in [1.29, 1.82) is 0 Å². The lowest BCUT2D eigenvalue weighted by Gasteiger charge is -2.04. The van der Waals surface area contributed by atoms with E-state index in [0.29, 0.717) is 10.7 Å². The molecule has 0 saturated heterocycles. The highest BCUT2D eigenvalue weighted by Crippen LogP contribution is 2.18. The number of ether oxygens (including phenoxy) is 1. The summed E-state index contributed by atoms with van der Waals surface area (Å²) in [5.41, 5.74) is 7.56. The summed E-state index contributed by atoms with van der Waals surface area (Å²) in [6.45, 7) is 3.91. The van der Waals surface area contributed by atoms with E-state index in [1.54, 1.807) is 24.5 Å². The Morgan fingerprint density at radius 1 is 1.29 bits per heavy atom. The molecule has 0 amide bonds. The maximum absolute atomic E-state index is 12.0. The number of ketones is 1. The van der Waals surface area contributed by atoms with Gasteiger partial charge in [0.25, 0.3) is 0 Å². The van der Waals surface area contributed by atoms with Gasteiger partial charge in [-0.05, 0) is 25.3 Å². The monoisotopic (exact) mass is 343 g/mol. The third kappa shape index (κ3) is 4.66. The van der Waals surface area contributed by atoms with Crippen LogP contribution in [0.3, 0.4) is 0 Å². The van der Waals surface area contributed by atoms with E-state index in [-0.39, 0.29) is 23.8 Å². The highest BCUT2D eigenvalue weighted by Gasteiger charge is 2.13. The molecule has 0 bridgehead atoms. The van der Waals surface area contributed by atoms with E-state index in [0.717, 1.165) is 17.3 Å². The van der Waals surface area contributed by atoms with Gasteiger partial charge in [-0.2, -0.15) is 0 Å². The lowest BCUT2D eigenvalue weighted by atomic mass is 10.1. The molecule has 24 heavy (non-hydrogen) atoms. The van der Waals surface area contributed by atoms with Gasteiger partial charge in [-0.25, -0.2) is 14.8 Å². The number of nitrogen functional groups attached to an aromatic ring is 1. The van der Waals surface area contributed by atoms with Crippen molar-refractivity contribution in [3.8, 4) is 0 Å². The van der Waals surface area contributed by atoms with Gasteiger partial charge in [-0.3, -0.25) is 4.79 Å². The molecule has 2 rings (SSSR count). The van der Waals surface area contributed by atoms with Crippen LogP contribution in [0.25, 0.3) is 0 Å². The van der Waals surface area contributed by atoms with Crippen molar-refractivity contribution in [1.82, 2.24) is 9.97 Å². The van der Waals surface area contributed by atoms with Gasteiger partial charge in [0.1, 0.15) is 11.4 Å². The first-order valence-corrected chi connectivity index (χ1v) is 8.13. The quantitative estimate of drug-likeness (QED) is 0.283. The molecule has 0 spiro atoms. The van der Waals surface area contributed by atoms with Gasteiger partial charge < -0.3 is 10.5 Å². The molecule has 124 valence electrons. The number of nitrogens with zero attached hydrogens (tertiary/aromatic N) is 2. The number of anilines is 1. The maximum atomic E-state index is 12.0. The Bertz CT molecular complexity index is 773. The fourth-order valence-electron chi connectivity index (χ4n) is 1.77. The van der Waals surface area contributed by atoms with Gasteiger partial charge in [0.2, 0.25) is 0 Å². The number of allylic oxidation sites excluding steroid dienone is 1. The van der Waals surface area contributed by atoms with Crippen LogP contribution < -0.4 is 5.73 Å². The number of aromatic nitrogens is 2. The number of hydrogen-bond acceptors (Lipinski definition) is 7. The van der Waals surface area contributed by atoms with Gasteiger partial charge >= 0.3 is 5.97 Å². The zero-order chi connectivity index (χ0) is 17.5. The normalized spacial score (nSPS) is 10.8. The molecule has 0 radical (unpaired) electrons. The molecule has 0 unspecified atom stereocenters. The zero-order valence-electron chi connectivity index (χ0n) is 13.4. The lowest BCUT2D eigenvalue weighted by Crippen LogP contribution is -2.10. The smallest absolute Gasteiger partial charge is 0.343 e. The van der Waals surface area contributed by atoms with E-state index in [9.17, 15) is 9.59 Å². The number of thioether (sulfide) groups is 1. The van der Waals surface area contributed by atoms with E-state index in [1.807, 2.05) is 19.1 Å². The minimum Gasteiger partial charge on any atom is -0.462 e. The van der Waals surface area contributed by atoms with Crippen molar-refractivity contribution in [2.24, 2.45) is 0 Å². The number of aryl methyl sites for hydroxylation is 1. The Morgan fingerprint density at radius 2 is 2.00 bits per heavy atom. The van der Waals surface area contributed by atoms with Gasteiger partial charge in [0, 0.05) is 11.8 Å². The molecule has 0 atom stereocenters. The van der Waals surface area contributed by atoms with Crippen LogP contribution in [0.5, 0.6) is 0 Å². The average Bonchev–Trinajstić information content (AvgIpc) is 2.55. The predicted molar refractivity (Wildman–Crippen MR) is 92.9 cm³/mol. The molecule has 0 aliphatic heterocycles. The topological polar surface area (TPSA) is 95.2 Å². The summed E-state index contributed by atoms with van der Waals surface area (Å²) in [6, 6.07) is 7.31. The summed E-state index contributed by atoms with van der Waals surface area (Å²) in [7, 11) is 0. The zero-order valence-corrected chi connectivity index (χ0v) is 14.2. The molecule has 7 heteroatoms. The third-order valence-electron chi connectivity index (χ3n) is 3.02. The standard InChI is InChI=1S/C17H17N3O3S/c1-3-23-16(22)13-10-19-17(20-15(13)18)24-9-8-14(21)12-6-4-11(2)5-7-12/h4-10H,3H2,1-2H3,(H2,18,19,20). The van der Waals surface area contributed by atoms with Crippen LogP contribution in [-0.4, -0.2) is 28.3 Å². The summed E-state index contributed by atoms with van der Waals surface area (Å²) < 4.78 is 4.85. The first kappa shape index (κ1) is 17.7. The van der Waals surface area contributed by atoms with E-state index in [2.05, 4.69) is 9.97 Å². The van der Waals surface area contributed by atoms with Crippen LogP contribution in [0, 0.1) is 6.92 Å². The Kier molecular flexibility index (Phi) is 6.08. The van der Waals surface area contributed by atoms with E-state index in [4.69, 9.17) is 10.5 Å². The molecule has 1 heterocycles. The molecular weight excluding hydrogens is 326 g/mol. The van der Waals surface area contributed by atoms with Crippen molar-refractivity contribution in [2.45, 2.75) is 19.0 Å². The van der Waals surface area contributed by atoms with Gasteiger partial charge in [0.05, 0.1) is 6.61 Å². The highest BCUT2D eigenvalue weighted by molar-refractivity contribution is 8.02. The van der Waals surface area contributed by atoms with Crippen molar-refractivity contribution < 1.29 is 14.3 Å². The molecule has 0 saturated carbocycles. The van der Waals surface area contributed by atoms with Crippen LogP contribution in [0.1, 0.15) is 33.2 Å². The molecule has 2 N–H and O–H groups in total. The lowest BCUT2D eigenvalue weighted by molar-refractivity contribution is 0.0526. The predicted octanol–water partition coefficient (Wildman–Crippen LogP) is 3.03. The largest absolute Gasteiger partial charge is 0.462 e. The van der Waals surface area contributed by atoms with Gasteiger partial charge in [0.15, 0.2) is 10.9 Å². The minimum atomic E-state index is -0.559. The van der Waals surface area contributed by atoms with Crippen LogP contribution in [0.2, 0.25) is 0 Å². The first-order valence-electron chi connectivity index (χ1n) is 7.25. The fourth-order valence-corrected chi connectivity index (χ4v) is 2.35. The summed E-state index contributed by atoms with van der Waals surface area (Å²) in [6.07, 6.45) is 2.76. The Labute approximate surface area is 144 Å². The van der Waals surface area contributed by atoms with E-state index < -0.39 is 5.97 Å². The van der Waals surface area contributed by atoms with Crippen molar-refractivity contribution in [3.63, 3.8) is 0 Å². The SMILES string of the molecule is CCOC(=O)c1cnc(SC=CC(=O)c2ccc(C)cc2)nc1N. The summed E-state index contributed by atoms with van der Waals surface area (Å²) in [5, 5.41) is 1.93. The molecular formula is C17H17N3O3S. The molecule has 2 aromatic rings. The van der Waals surface area contributed by atoms with Crippen molar-refractivity contribution >= 4 is 29.3 Å². The number of esters is 1. The Morgan fingerprint density at radius 3 is 2.62 bits per heavy atom. The van der Waals surface area contributed by atoms with Crippen LogP contribution in [-0.2, 0) is 4.74 Å². The number of benzene rings is 1. The van der Waals surface area contributed by atoms with Crippen molar-refractivity contribution in [3.05, 3.63) is 58.6 Å². The van der Waals surface area contributed by atoms with Gasteiger partial charge in [-0.15, -0.1) is 0 Å². The van der Waals surface area contributed by atoms with E-state index >= 15 is 0 Å². The number of hydrogen-bond donors (Lipinski definition) is 1. The maximum Gasteiger partial charge on any atom is 0.343 e. The van der Waals surface area contributed by atoms with Gasteiger partial charge in [-0.1, -0.05) is 41.6 Å². The summed E-state index contributed by atoms with van der Waals surface area (Å²) >= 11 is 1.14. The Balaban J connectivity index is 2.01. The number of nitrogens with two attached hydrogens (primary N) is 1. The van der Waals surface area contributed by atoms with Crippen molar-refractivity contribution in [2.75, 3.05) is 12.3 Å². The average molecular weight is 343 g/mol. The summed E-state index contributed by atoms with van der Waals surface area (Å²) in [5.74, 6) is -0.625. The molecule has 1 aromatic carbocycles. The number of rotatable bonds is 6. The Hall–Kier alpha value is -2.67. The third-order valence-corrected chi connectivity index (χ3v) is 3.70. The second-order valence-corrected chi connectivity index (χ2v) is 5.70. The second kappa shape index (κ2) is 8.26. The minimum absolute atomic E-state index is 0.0456. The first-order chi connectivity index (χ1) is 11.5. The molecule has 0 fully saturated rings. The number of carbonyl (C=O) groups is 2. The van der Waals surface area contributed by atoms with E-state index in [1.165, 1.54) is 12.3 Å². The fraction of sp³-hybridized carbons (Fsp3) is 0.176. The van der Waals surface area contributed by atoms with Crippen LogP contribution in [0.15, 0.2) is 47.1 Å². The molecule has 1 aromatic heterocycles. The molecule has 0 aliphatic carbocycles. The second-order valence-electron chi connectivity index (χ2n) is 4.82.